The number of thioether (sulfide) groups is 1. The van der Waals surface area contributed by atoms with Crippen LogP contribution >= 0.6 is 11.8 Å². The molecule has 0 bridgehead atoms. The van der Waals surface area contributed by atoms with Crippen molar-refractivity contribution in [1.29, 1.82) is 0 Å². The third kappa shape index (κ3) is 3.35. The molecule has 1 atom stereocenters. The van der Waals surface area contributed by atoms with Gasteiger partial charge in [-0.1, -0.05) is 0 Å². The number of hydrogen-bond donors (Lipinski definition) is 5. The molecule has 0 amide bonds. The number of H-pyrrole nitrogens is 1. The Morgan fingerprint density at radius 2 is 2.26 bits per heavy atom. The number of nitrogen functional groups attached to an aromatic ring is 1. The molecule has 0 saturated carbocycles. The highest BCUT2D eigenvalue weighted by Gasteiger charge is 2.11. The first-order chi connectivity index (χ1) is 9.26. The fraction of sp³-hybridized carbons (Fsp3) is 0.455. The number of aliphatic hydroxyl groups is 2. The van der Waals surface area contributed by atoms with Crippen molar-refractivity contribution in [2.75, 3.05) is 24.0 Å². The van der Waals surface area contributed by atoms with E-state index in [-0.39, 0.29) is 18.6 Å². The fourth-order valence-corrected chi connectivity index (χ4v) is 2.39. The number of fused-ring (bicyclic) bond motifs is 1. The summed E-state index contributed by atoms with van der Waals surface area (Å²) in [5, 5.41) is 21.2. The Labute approximate surface area is 114 Å². The average molecular weight is 283 g/mol. The maximum Gasteiger partial charge on any atom is 0.151 e. The molecule has 0 aliphatic rings. The molecule has 0 fully saturated rings. The van der Waals surface area contributed by atoms with Gasteiger partial charge in [0, 0.05) is 30.1 Å². The van der Waals surface area contributed by atoms with Gasteiger partial charge in [-0.2, -0.15) is 0 Å². The number of anilines is 1. The van der Waals surface area contributed by atoms with E-state index in [0.29, 0.717) is 18.1 Å². The summed E-state index contributed by atoms with van der Waals surface area (Å²) in [6.45, 7) is 0.583. The second kappa shape index (κ2) is 6.71. The van der Waals surface area contributed by atoms with E-state index in [0.717, 1.165) is 16.6 Å². The molecule has 0 spiro atoms. The third-order valence-corrected chi connectivity index (χ3v) is 3.60. The van der Waals surface area contributed by atoms with E-state index >= 15 is 0 Å². The molecule has 2 heterocycles. The topological polar surface area (TPSA) is 120 Å². The van der Waals surface area contributed by atoms with Crippen LogP contribution in [0.2, 0.25) is 0 Å². The van der Waals surface area contributed by atoms with E-state index in [2.05, 4.69) is 20.3 Å². The van der Waals surface area contributed by atoms with Gasteiger partial charge in [-0.15, -0.1) is 11.8 Å². The van der Waals surface area contributed by atoms with Crippen LogP contribution in [0.1, 0.15) is 5.56 Å². The number of aromatic amines is 1. The number of aliphatic hydroxyl groups excluding tert-OH is 2. The van der Waals surface area contributed by atoms with Gasteiger partial charge >= 0.3 is 0 Å². The zero-order valence-corrected chi connectivity index (χ0v) is 11.2. The van der Waals surface area contributed by atoms with Crippen molar-refractivity contribution < 1.29 is 10.2 Å². The van der Waals surface area contributed by atoms with Crippen LogP contribution in [0.3, 0.4) is 0 Å². The van der Waals surface area contributed by atoms with Gasteiger partial charge in [0.15, 0.2) is 5.82 Å². The molecular weight excluding hydrogens is 266 g/mol. The van der Waals surface area contributed by atoms with E-state index in [1.54, 1.807) is 0 Å². The summed E-state index contributed by atoms with van der Waals surface area (Å²) in [6.07, 6.45) is 3.26. The Kier molecular flexibility index (Phi) is 4.97. The fourth-order valence-electron chi connectivity index (χ4n) is 1.77. The van der Waals surface area contributed by atoms with Crippen LogP contribution in [-0.2, 0) is 6.54 Å². The lowest BCUT2D eigenvalue weighted by molar-refractivity contribution is 0.253. The lowest BCUT2D eigenvalue weighted by atomic mass is 10.2. The van der Waals surface area contributed by atoms with E-state index in [9.17, 15) is 5.11 Å². The van der Waals surface area contributed by atoms with Gasteiger partial charge in [-0.3, -0.25) is 0 Å². The van der Waals surface area contributed by atoms with Crippen LogP contribution in [-0.4, -0.2) is 49.5 Å². The van der Waals surface area contributed by atoms with Crippen molar-refractivity contribution in [3.8, 4) is 0 Å². The minimum absolute atomic E-state index is 0.0203. The zero-order chi connectivity index (χ0) is 13.7. The summed E-state index contributed by atoms with van der Waals surface area (Å²) in [7, 11) is 0. The van der Waals surface area contributed by atoms with Crippen molar-refractivity contribution in [2.45, 2.75) is 12.6 Å². The van der Waals surface area contributed by atoms with Gasteiger partial charge in [0.25, 0.3) is 0 Å². The first-order valence-corrected chi connectivity index (χ1v) is 7.01. The van der Waals surface area contributed by atoms with E-state index in [1.807, 2.05) is 6.20 Å². The molecule has 2 rings (SSSR count). The van der Waals surface area contributed by atoms with Gasteiger partial charge in [-0.05, 0) is 0 Å². The molecule has 0 radical (unpaired) electrons. The van der Waals surface area contributed by atoms with Gasteiger partial charge in [-0.25, -0.2) is 9.97 Å². The summed E-state index contributed by atoms with van der Waals surface area (Å²) in [6, 6.07) is -0.0683. The van der Waals surface area contributed by atoms with Crippen molar-refractivity contribution >= 4 is 28.6 Å². The molecule has 2 aromatic rings. The summed E-state index contributed by atoms with van der Waals surface area (Å²) in [5.41, 5.74) is 8.22. The lowest BCUT2D eigenvalue weighted by Crippen LogP contribution is -2.34. The van der Waals surface area contributed by atoms with Crippen molar-refractivity contribution in [3.05, 3.63) is 18.1 Å². The number of aromatic nitrogens is 3. The van der Waals surface area contributed by atoms with Crippen molar-refractivity contribution in [3.63, 3.8) is 0 Å². The first kappa shape index (κ1) is 14.1. The maximum atomic E-state index is 9.23. The van der Waals surface area contributed by atoms with E-state index in [4.69, 9.17) is 10.8 Å². The third-order valence-electron chi connectivity index (χ3n) is 2.78. The second-order valence-corrected chi connectivity index (χ2v) is 5.06. The second-order valence-electron chi connectivity index (χ2n) is 4.06. The van der Waals surface area contributed by atoms with Gasteiger partial charge < -0.3 is 26.2 Å². The molecule has 0 saturated heterocycles. The highest BCUT2D eigenvalue weighted by Crippen LogP contribution is 2.18. The van der Waals surface area contributed by atoms with Gasteiger partial charge in [0.1, 0.15) is 11.8 Å². The van der Waals surface area contributed by atoms with E-state index in [1.165, 1.54) is 18.1 Å². The minimum atomic E-state index is -0.0683. The molecule has 6 N–H and O–H groups in total. The number of nitrogens with two attached hydrogens (primary N) is 1. The van der Waals surface area contributed by atoms with Crippen molar-refractivity contribution in [1.82, 2.24) is 20.3 Å². The monoisotopic (exact) mass is 283 g/mol. The van der Waals surface area contributed by atoms with Crippen LogP contribution in [0, 0.1) is 0 Å². The van der Waals surface area contributed by atoms with Crippen molar-refractivity contribution in [2.24, 2.45) is 0 Å². The molecule has 0 aliphatic carbocycles. The normalized spacial score (nSPS) is 12.9. The standard InChI is InChI=1S/C11H17N5O2S/c12-11-10-9(15-5-16-11)7(2-14-10)1-13-8(3-17)4-19-6-18/h2,5,8,13-14,17-18H,1,3-4,6H2,(H2,12,15,16)/t8-/m1/s1. The van der Waals surface area contributed by atoms with Gasteiger partial charge in [0.05, 0.1) is 18.1 Å². The molecular formula is C11H17N5O2S. The molecule has 0 aliphatic heterocycles. The molecule has 0 unspecified atom stereocenters. The highest BCUT2D eigenvalue weighted by atomic mass is 32.2. The van der Waals surface area contributed by atoms with Crippen LogP contribution in [0.25, 0.3) is 11.0 Å². The van der Waals surface area contributed by atoms with E-state index < -0.39 is 0 Å². The molecule has 0 aromatic carbocycles. The number of nitrogens with zero attached hydrogens (tertiary/aromatic N) is 2. The quantitative estimate of drug-likeness (QED) is 0.441. The summed E-state index contributed by atoms with van der Waals surface area (Å²) >= 11 is 1.36. The Hall–Kier alpha value is -1.35. The smallest absolute Gasteiger partial charge is 0.151 e. The van der Waals surface area contributed by atoms with Crippen LogP contribution in [0.5, 0.6) is 0 Å². The SMILES string of the molecule is Nc1ncnc2c(CN[C@H](CO)CSCO)c[nH]c12. The minimum Gasteiger partial charge on any atom is -0.395 e. The molecule has 104 valence electrons. The highest BCUT2D eigenvalue weighted by molar-refractivity contribution is 7.99. The van der Waals surface area contributed by atoms with Crippen LogP contribution in [0.15, 0.2) is 12.5 Å². The average Bonchev–Trinajstić information content (AvgIpc) is 2.84. The predicted molar refractivity (Wildman–Crippen MR) is 75.6 cm³/mol. The predicted octanol–water partition coefficient (Wildman–Crippen LogP) is -0.326. The summed E-state index contributed by atoms with van der Waals surface area (Å²) < 4.78 is 0. The van der Waals surface area contributed by atoms with Gasteiger partial charge in [0.2, 0.25) is 0 Å². The summed E-state index contributed by atoms with van der Waals surface area (Å²) in [4.78, 5) is 11.2. The van der Waals surface area contributed by atoms with Crippen LogP contribution < -0.4 is 11.1 Å². The Balaban J connectivity index is 2.03. The molecule has 2 aromatic heterocycles. The largest absolute Gasteiger partial charge is 0.395 e. The molecule has 7 nitrogen and oxygen atoms in total. The number of rotatable bonds is 7. The Bertz CT molecular complexity index is 533. The lowest BCUT2D eigenvalue weighted by Gasteiger charge is -2.14. The summed E-state index contributed by atoms with van der Waals surface area (Å²) in [5.74, 6) is 1.12. The Morgan fingerprint density at radius 3 is 3.00 bits per heavy atom. The molecule has 8 heteroatoms. The maximum absolute atomic E-state index is 9.23. The first-order valence-electron chi connectivity index (χ1n) is 5.85. The molecule has 19 heavy (non-hydrogen) atoms. The number of nitrogens with one attached hydrogen (secondary N) is 2. The zero-order valence-electron chi connectivity index (χ0n) is 10.3. The van der Waals surface area contributed by atoms with Crippen LogP contribution in [0.4, 0.5) is 5.82 Å². The number of hydrogen-bond acceptors (Lipinski definition) is 7. The Morgan fingerprint density at radius 1 is 1.42 bits per heavy atom.